The zero-order valence-corrected chi connectivity index (χ0v) is 18.9. The lowest BCUT2D eigenvalue weighted by atomic mass is 10.2. The van der Waals surface area contributed by atoms with Crippen LogP contribution in [-0.4, -0.2) is 52.8 Å². The average Bonchev–Trinajstić information content (AvgIpc) is 2.97. The molecular formula is C25H30FN5O. The monoisotopic (exact) mass is 435 g/mol. The van der Waals surface area contributed by atoms with Crippen molar-refractivity contribution in [1.82, 2.24) is 14.7 Å². The van der Waals surface area contributed by atoms with E-state index in [2.05, 4.69) is 20.2 Å². The van der Waals surface area contributed by atoms with Crippen molar-refractivity contribution in [3.05, 3.63) is 71.8 Å². The lowest BCUT2D eigenvalue weighted by Gasteiger charge is -2.27. The van der Waals surface area contributed by atoms with Crippen LogP contribution in [-0.2, 0) is 4.79 Å². The van der Waals surface area contributed by atoms with E-state index >= 15 is 0 Å². The normalized spacial score (nSPS) is 15.9. The van der Waals surface area contributed by atoms with Crippen LogP contribution in [0.4, 0.5) is 15.8 Å². The Morgan fingerprint density at radius 2 is 1.69 bits per heavy atom. The number of anilines is 2. The summed E-state index contributed by atoms with van der Waals surface area (Å²) >= 11 is 0. The van der Waals surface area contributed by atoms with Crippen molar-refractivity contribution < 1.29 is 9.18 Å². The largest absolute Gasteiger partial charge is 0.370 e. The number of aryl methyl sites for hydroxylation is 1. The molecule has 3 aromatic rings. The molecule has 1 aromatic heterocycles. The number of rotatable bonds is 5. The molecule has 0 spiro atoms. The van der Waals surface area contributed by atoms with Gasteiger partial charge in [0.15, 0.2) is 0 Å². The van der Waals surface area contributed by atoms with E-state index in [4.69, 9.17) is 0 Å². The van der Waals surface area contributed by atoms with Crippen LogP contribution < -0.4 is 10.2 Å². The van der Waals surface area contributed by atoms with Gasteiger partial charge < -0.3 is 10.2 Å². The standard InChI is InChI=1S/C25H30FN5O/c1-18-24(19(2)31(28-18)23-8-5-4-6-9-23)27-25(32)20(3)29-14-7-15-30(17-16-29)22-12-10-21(26)11-13-22/h4-6,8-13,20H,7,14-17H2,1-3H3,(H,27,32). The minimum absolute atomic E-state index is 0.0287. The number of nitrogens with one attached hydrogen (secondary N) is 1. The van der Waals surface area contributed by atoms with Gasteiger partial charge in [0.25, 0.3) is 0 Å². The molecule has 0 bridgehead atoms. The Morgan fingerprint density at radius 1 is 0.969 bits per heavy atom. The van der Waals surface area contributed by atoms with Gasteiger partial charge in [-0.3, -0.25) is 9.69 Å². The van der Waals surface area contributed by atoms with E-state index in [0.717, 1.165) is 61.0 Å². The SMILES string of the molecule is Cc1nn(-c2ccccc2)c(C)c1NC(=O)C(C)N1CCCN(c2ccc(F)cc2)CC1. The summed E-state index contributed by atoms with van der Waals surface area (Å²) in [7, 11) is 0. The van der Waals surface area contributed by atoms with Crippen molar-refractivity contribution in [2.45, 2.75) is 33.2 Å². The van der Waals surface area contributed by atoms with E-state index in [9.17, 15) is 9.18 Å². The maximum atomic E-state index is 13.2. The maximum Gasteiger partial charge on any atom is 0.241 e. The average molecular weight is 436 g/mol. The van der Waals surface area contributed by atoms with E-state index in [1.165, 1.54) is 12.1 Å². The Labute approximate surface area is 188 Å². The number of hydrogen-bond acceptors (Lipinski definition) is 4. The molecule has 0 radical (unpaired) electrons. The molecule has 0 aliphatic carbocycles. The van der Waals surface area contributed by atoms with E-state index in [1.807, 2.05) is 67.9 Å². The highest BCUT2D eigenvalue weighted by atomic mass is 19.1. The fraction of sp³-hybridized carbons (Fsp3) is 0.360. The van der Waals surface area contributed by atoms with Gasteiger partial charge in [0, 0.05) is 31.9 Å². The summed E-state index contributed by atoms with van der Waals surface area (Å²) in [6, 6.07) is 16.3. The van der Waals surface area contributed by atoms with E-state index in [-0.39, 0.29) is 17.8 Å². The number of hydrogen-bond donors (Lipinski definition) is 1. The van der Waals surface area contributed by atoms with Gasteiger partial charge in [-0.05, 0) is 63.6 Å². The summed E-state index contributed by atoms with van der Waals surface area (Å²) in [6.07, 6.45) is 0.943. The van der Waals surface area contributed by atoms with Gasteiger partial charge in [-0.2, -0.15) is 5.10 Å². The third kappa shape index (κ3) is 4.67. The molecule has 2 heterocycles. The predicted octanol–water partition coefficient (Wildman–Crippen LogP) is 4.17. The highest BCUT2D eigenvalue weighted by Gasteiger charge is 2.26. The molecule has 32 heavy (non-hydrogen) atoms. The van der Waals surface area contributed by atoms with Crippen LogP contribution in [0.5, 0.6) is 0 Å². The Balaban J connectivity index is 1.42. The lowest BCUT2D eigenvalue weighted by molar-refractivity contribution is -0.120. The lowest BCUT2D eigenvalue weighted by Crippen LogP contribution is -2.44. The Hall–Kier alpha value is -3.19. The number of nitrogens with zero attached hydrogens (tertiary/aromatic N) is 4. The van der Waals surface area contributed by atoms with Crippen LogP contribution in [0.15, 0.2) is 54.6 Å². The number of benzene rings is 2. The second-order valence-corrected chi connectivity index (χ2v) is 8.31. The van der Waals surface area contributed by atoms with Gasteiger partial charge in [0.1, 0.15) is 5.82 Å². The van der Waals surface area contributed by atoms with E-state index in [1.54, 1.807) is 0 Å². The molecule has 1 N–H and O–H groups in total. The second kappa shape index (κ2) is 9.53. The zero-order chi connectivity index (χ0) is 22.7. The summed E-state index contributed by atoms with van der Waals surface area (Å²) in [5.41, 5.74) is 4.46. The van der Waals surface area contributed by atoms with Crippen LogP contribution in [0, 0.1) is 19.7 Å². The van der Waals surface area contributed by atoms with Crippen LogP contribution in [0.2, 0.25) is 0 Å². The molecule has 0 saturated carbocycles. The first-order valence-electron chi connectivity index (χ1n) is 11.1. The smallest absolute Gasteiger partial charge is 0.241 e. The zero-order valence-electron chi connectivity index (χ0n) is 18.9. The Kier molecular flexibility index (Phi) is 6.55. The first kappa shape index (κ1) is 22.0. The molecule has 2 aromatic carbocycles. The molecule has 1 amide bonds. The van der Waals surface area contributed by atoms with Crippen LogP contribution >= 0.6 is 0 Å². The molecule has 6 nitrogen and oxygen atoms in total. The van der Waals surface area contributed by atoms with Crippen molar-refractivity contribution in [2.24, 2.45) is 0 Å². The maximum absolute atomic E-state index is 13.2. The summed E-state index contributed by atoms with van der Waals surface area (Å²) < 4.78 is 15.1. The third-order valence-corrected chi connectivity index (χ3v) is 6.19. The minimum Gasteiger partial charge on any atom is -0.370 e. The van der Waals surface area contributed by atoms with Gasteiger partial charge in [0.2, 0.25) is 5.91 Å². The van der Waals surface area contributed by atoms with Crippen molar-refractivity contribution >= 4 is 17.3 Å². The predicted molar refractivity (Wildman–Crippen MR) is 126 cm³/mol. The van der Waals surface area contributed by atoms with Crippen LogP contribution in [0.3, 0.4) is 0 Å². The van der Waals surface area contributed by atoms with Crippen LogP contribution in [0.25, 0.3) is 5.69 Å². The molecular weight excluding hydrogens is 405 g/mol. The van der Waals surface area contributed by atoms with Gasteiger partial charge in [-0.1, -0.05) is 18.2 Å². The summed E-state index contributed by atoms with van der Waals surface area (Å²) in [5.74, 6) is -0.254. The molecule has 168 valence electrons. The summed E-state index contributed by atoms with van der Waals surface area (Å²) in [6.45, 7) is 9.14. The van der Waals surface area contributed by atoms with Crippen molar-refractivity contribution in [3.8, 4) is 5.69 Å². The number of amides is 1. The molecule has 1 fully saturated rings. The third-order valence-electron chi connectivity index (χ3n) is 6.19. The molecule has 1 aliphatic rings. The second-order valence-electron chi connectivity index (χ2n) is 8.31. The first-order chi connectivity index (χ1) is 15.4. The highest BCUT2D eigenvalue weighted by Crippen LogP contribution is 2.24. The number of carbonyl (C=O) groups is 1. The molecule has 1 unspecified atom stereocenters. The van der Waals surface area contributed by atoms with Gasteiger partial charge in [-0.15, -0.1) is 0 Å². The van der Waals surface area contributed by atoms with Crippen molar-refractivity contribution in [3.63, 3.8) is 0 Å². The van der Waals surface area contributed by atoms with Gasteiger partial charge in [-0.25, -0.2) is 9.07 Å². The van der Waals surface area contributed by atoms with E-state index in [0.29, 0.717) is 0 Å². The molecule has 1 saturated heterocycles. The van der Waals surface area contributed by atoms with Crippen molar-refractivity contribution in [1.29, 1.82) is 0 Å². The van der Waals surface area contributed by atoms with Crippen molar-refractivity contribution in [2.75, 3.05) is 36.4 Å². The van der Waals surface area contributed by atoms with Gasteiger partial charge in [0.05, 0.1) is 28.8 Å². The van der Waals surface area contributed by atoms with E-state index < -0.39 is 0 Å². The topological polar surface area (TPSA) is 53.4 Å². The number of carbonyl (C=O) groups excluding carboxylic acids is 1. The minimum atomic E-state index is -0.262. The summed E-state index contributed by atoms with van der Waals surface area (Å²) in [4.78, 5) is 17.6. The fourth-order valence-corrected chi connectivity index (χ4v) is 4.27. The summed E-state index contributed by atoms with van der Waals surface area (Å²) in [5, 5.41) is 7.74. The Morgan fingerprint density at radius 3 is 2.41 bits per heavy atom. The highest BCUT2D eigenvalue weighted by molar-refractivity contribution is 5.95. The molecule has 1 atom stereocenters. The number of halogens is 1. The fourth-order valence-electron chi connectivity index (χ4n) is 4.27. The molecule has 7 heteroatoms. The quantitative estimate of drug-likeness (QED) is 0.654. The van der Waals surface area contributed by atoms with Gasteiger partial charge >= 0.3 is 0 Å². The molecule has 1 aliphatic heterocycles. The van der Waals surface area contributed by atoms with Crippen LogP contribution in [0.1, 0.15) is 24.7 Å². The Bertz CT molecular complexity index is 1060. The number of aromatic nitrogens is 2. The molecule has 4 rings (SSSR count). The first-order valence-corrected chi connectivity index (χ1v) is 11.1. The number of para-hydroxylation sites is 1.